The summed E-state index contributed by atoms with van der Waals surface area (Å²) in [5.74, 6) is 0. The SMILES string of the molecule is CCCCCCCCc1ccc2nc(Nc3cccc(Cl)c3)oc(=O)c2c1. The van der Waals surface area contributed by atoms with Crippen molar-refractivity contribution in [2.75, 3.05) is 5.32 Å². The first-order valence-corrected chi connectivity index (χ1v) is 10.00. The predicted molar refractivity (Wildman–Crippen MR) is 112 cm³/mol. The van der Waals surface area contributed by atoms with Crippen molar-refractivity contribution in [3.63, 3.8) is 0 Å². The monoisotopic (exact) mass is 384 g/mol. The van der Waals surface area contributed by atoms with Crippen molar-refractivity contribution < 1.29 is 4.42 Å². The summed E-state index contributed by atoms with van der Waals surface area (Å²) in [5.41, 5.74) is 2.12. The lowest BCUT2D eigenvalue weighted by Gasteiger charge is -2.07. The highest BCUT2D eigenvalue weighted by Gasteiger charge is 2.08. The first-order chi connectivity index (χ1) is 13.2. The molecule has 3 rings (SSSR count). The number of unbranched alkanes of at least 4 members (excludes halogenated alkanes) is 5. The summed E-state index contributed by atoms with van der Waals surface area (Å²) in [7, 11) is 0. The molecule has 0 unspecified atom stereocenters. The molecule has 0 radical (unpaired) electrons. The minimum atomic E-state index is -0.380. The molecular weight excluding hydrogens is 360 g/mol. The van der Waals surface area contributed by atoms with E-state index in [0.29, 0.717) is 15.9 Å². The number of aromatic nitrogens is 1. The van der Waals surface area contributed by atoms with E-state index in [9.17, 15) is 4.79 Å². The van der Waals surface area contributed by atoms with Crippen LogP contribution in [-0.2, 0) is 6.42 Å². The Balaban J connectivity index is 1.69. The van der Waals surface area contributed by atoms with Gasteiger partial charge in [-0.1, -0.05) is 62.8 Å². The van der Waals surface area contributed by atoms with Gasteiger partial charge in [-0.25, -0.2) is 4.79 Å². The molecule has 0 aliphatic carbocycles. The first-order valence-electron chi connectivity index (χ1n) is 9.62. The van der Waals surface area contributed by atoms with E-state index in [1.165, 1.54) is 32.1 Å². The third-order valence-corrected chi connectivity index (χ3v) is 4.82. The van der Waals surface area contributed by atoms with Gasteiger partial charge in [0.1, 0.15) is 0 Å². The molecule has 0 saturated heterocycles. The quantitative estimate of drug-likeness (QED) is 0.428. The van der Waals surface area contributed by atoms with Gasteiger partial charge in [-0.3, -0.25) is 0 Å². The lowest BCUT2D eigenvalue weighted by molar-refractivity contribution is 0.522. The van der Waals surface area contributed by atoms with Crippen LogP contribution in [0.1, 0.15) is 51.0 Å². The largest absolute Gasteiger partial charge is 0.388 e. The molecule has 0 bridgehead atoms. The number of fused-ring (bicyclic) bond motifs is 1. The number of halogens is 1. The first kappa shape index (κ1) is 19.4. The van der Waals surface area contributed by atoms with Crippen LogP contribution in [0.15, 0.2) is 51.7 Å². The molecule has 5 heteroatoms. The molecular formula is C22H25ClN2O2. The lowest BCUT2D eigenvalue weighted by Crippen LogP contribution is -2.05. The van der Waals surface area contributed by atoms with E-state index in [1.54, 1.807) is 12.1 Å². The molecule has 1 N–H and O–H groups in total. The van der Waals surface area contributed by atoms with Gasteiger partial charge in [0.2, 0.25) is 0 Å². The molecule has 0 fully saturated rings. The van der Waals surface area contributed by atoms with Crippen molar-refractivity contribution in [1.29, 1.82) is 0 Å². The summed E-state index contributed by atoms with van der Waals surface area (Å²) in [6.07, 6.45) is 8.52. The maximum absolute atomic E-state index is 12.4. The summed E-state index contributed by atoms with van der Waals surface area (Å²) in [4.78, 5) is 16.8. The topological polar surface area (TPSA) is 55.1 Å². The summed E-state index contributed by atoms with van der Waals surface area (Å²) in [5, 5.41) is 4.11. The van der Waals surface area contributed by atoms with Crippen LogP contribution in [0, 0.1) is 0 Å². The van der Waals surface area contributed by atoms with Crippen molar-refractivity contribution in [3.05, 3.63) is 63.5 Å². The molecule has 0 atom stereocenters. The zero-order valence-electron chi connectivity index (χ0n) is 15.6. The van der Waals surface area contributed by atoms with E-state index < -0.39 is 0 Å². The van der Waals surface area contributed by atoms with Gasteiger partial charge >= 0.3 is 11.6 Å². The number of benzene rings is 2. The van der Waals surface area contributed by atoms with E-state index in [0.717, 1.165) is 24.1 Å². The van der Waals surface area contributed by atoms with Crippen molar-refractivity contribution in [3.8, 4) is 0 Å². The van der Waals surface area contributed by atoms with Crippen molar-refractivity contribution in [2.24, 2.45) is 0 Å². The molecule has 1 heterocycles. The maximum atomic E-state index is 12.4. The Bertz CT molecular complexity index is 952. The van der Waals surface area contributed by atoms with Crippen LogP contribution >= 0.6 is 11.6 Å². The second-order valence-electron chi connectivity index (χ2n) is 6.81. The smallest absolute Gasteiger partial charge is 0.348 e. The van der Waals surface area contributed by atoms with Gasteiger partial charge in [-0.05, 0) is 48.7 Å². The summed E-state index contributed by atoms with van der Waals surface area (Å²) in [6.45, 7) is 2.23. The average Bonchev–Trinajstić information content (AvgIpc) is 2.65. The molecule has 0 spiro atoms. The molecule has 27 heavy (non-hydrogen) atoms. The molecule has 0 amide bonds. The zero-order valence-corrected chi connectivity index (χ0v) is 16.4. The predicted octanol–water partition coefficient (Wildman–Crippen LogP) is 6.49. The zero-order chi connectivity index (χ0) is 19.1. The molecule has 0 aliphatic rings. The van der Waals surface area contributed by atoms with E-state index in [4.69, 9.17) is 16.0 Å². The number of nitrogens with zero attached hydrogens (tertiary/aromatic N) is 1. The van der Waals surface area contributed by atoms with E-state index >= 15 is 0 Å². The number of aryl methyl sites for hydroxylation is 1. The number of rotatable bonds is 9. The Hall–Kier alpha value is -2.33. The fraction of sp³-hybridized carbons (Fsp3) is 0.364. The number of nitrogens with one attached hydrogen (secondary N) is 1. The summed E-state index contributed by atoms with van der Waals surface area (Å²) >= 11 is 5.98. The Labute approximate surface area is 164 Å². The van der Waals surface area contributed by atoms with E-state index in [-0.39, 0.29) is 11.6 Å². The number of hydrogen-bond donors (Lipinski definition) is 1. The maximum Gasteiger partial charge on any atom is 0.348 e. The number of hydrogen-bond acceptors (Lipinski definition) is 4. The highest BCUT2D eigenvalue weighted by Crippen LogP contribution is 2.20. The Morgan fingerprint density at radius 2 is 1.85 bits per heavy atom. The Morgan fingerprint density at radius 3 is 2.67 bits per heavy atom. The standard InChI is InChI=1S/C22H25ClN2O2/c1-2-3-4-5-6-7-9-16-12-13-20-19(14-16)21(26)27-22(25-20)24-18-11-8-10-17(23)15-18/h8,10-15H,2-7,9H2,1H3,(H,24,25). The van der Waals surface area contributed by atoms with Gasteiger partial charge in [-0.2, -0.15) is 4.98 Å². The molecule has 0 saturated carbocycles. The molecule has 1 aromatic heterocycles. The van der Waals surface area contributed by atoms with Crippen molar-refractivity contribution >= 4 is 34.2 Å². The molecule has 3 aromatic rings. The average molecular weight is 385 g/mol. The van der Waals surface area contributed by atoms with E-state index in [2.05, 4.69) is 17.2 Å². The van der Waals surface area contributed by atoms with Gasteiger partial charge < -0.3 is 9.73 Å². The van der Waals surface area contributed by atoms with Crippen LogP contribution in [0.3, 0.4) is 0 Å². The van der Waals surface area contributed by atoms with Crippen LogP contribution < -0.4 is 10.9 Å². The molecule has 4 nitrogen and oxygen atoms in total. The molecule has 0 aliphatic heterocycles. The number of anilines is 2. The molecule has 2 aromatic carbocycles. The minimum absolute atomic E-state index is 0.165. The fourth-order valence-electron chi connectivity index (χ4n) is 3.13. The van der Waals surface area contributed by atoms with Gasteiger partial charge in [0.05, 0.1) is 10.9 Å². The van der Waals surface area contributed by atoms with Crippen LogP contribution in [0.4, 0.5) is 11.7 Å². The second-order valence-corrected chi connectivity index (χ2v) is 7.25. The minimum Gasteiger partial charge on any atom is -0.388 e. The van der Waals surface area contributed by atoms with Crippen LogP contribution in [-0.4, -0.2) is 4.98 Å². The Kier molecular flexibility index (Phi) is 6.88. The highest BCUT2D eigenvalue weighted by molar-refractivity contribution is 6.30. The third-order valence-electron chi connectivity index (χ3n) is 4.59. The van der Waals surface area contributed by atoms with Crippen LogP contribution in [0.2, 0.25) is 5.02 Å². The second kappa shape index (κ2) is 9.56. The van der Waals surface area contributed by atoms with Gasteiger partial charge in [-0.15, -0.1) is 0 Å². The van der Waals surface area contributed by atoms with Crippen molar-refractivity contribution in [2.45, 2.75) is 51.9 Å². The summed E-state index contributed by atoms with van der Waals surface area (Å²) < 4.78 is 5.34. The lowest BCUT2D eigenvalue weighted by atomic mass is 10.0. The van der Waals surface area contributed by atoms with Crippen LogP contribution in [0.5, 0.6) is 0 Å². The van der Waals surface area contributed by atoms with E-state index in [1.807, 2.05) is 30.3 Å². The van der Waals surface area contributed by atoms with Gasteiger partial charge in [0.15, 0.2) is 0 Å². The van der Waals surface area contributed by atoms with Crippen molar-refractivity contribution in [1.82, 2.24) is 4.98 Å². The highest BCUT2D eigenvalue weighted by atomic mass is 35.5. The third kappa shape index (κ3) is 5.57. The summed E-state index contributed by atoms with van der Waals surface area (Å²) in [6, 6.07) is 13.2. The van der Waals surface area contributed by atoms with Gasteiger partial charge in [0, 0.05) is 10.7 Å². The normalized spacial score (nSPS) is 11.0. The molecule has 142 valence electrons. The fourth-order valence-corrected chi connectivity index (χ4v) is 3.32. The Morgan fingerprint density at radius 1 is 1.04 bits per heavy atom. The van der Waals surface area contributed by atoms with Crippen LogP contribution in [0.25, 0.3) is 10.9 Å². The van der Waals surface area contributed by atoms with Gasteiger partial charge in [0.25, 0.3) is 0 Å².